The molecule has 0 amide bonds. The molecule has 118 valence electrons. The Balaban J connectivity index is 0. The molecule has 0 aliphatic rings. The fourth-order valence-corrected chi connectivity index (χ4v) is 1.82. The number of rotatable bonds is 13. The van der Waals surface area contributed by atoms with Crippen molar-refractivity contribution >= 4 is 11.9 Å². The first-order valence-electron chi connectivity index (χ1n) is 7.35. The molecule has 21 heavy (non-hydrogen) atoms. The molecular formula is C14H27KN2O4. The van der Waals surface area contributed by atoms with Crippen LogP contribution in [-0.4, -0.2) is 53.3 Å². The van der Waals surface area contributed by atoms with Crippen molar-refractivity contribution in [3.8, 4) is 0 Å². The zero-order valence-electron chi connectivity index (χ0n) is 13.4. The summed E-state index contributed by atoms with van der Waals surface area (Å²) in [6.07, 6.45) is 6.31. The summed E-state index contributed by atoms with van der Waals surface area (Å²) in [5.41, 5.74) is 0. The Morgan fingerprint density at radius 2 is 1.86 bits per heavy atom. The minimum Gasteiger partial charge on any atom is -0.862 e. The van der Waals surface area contributed by atoms with Crippen LogP contribution in [0.25, 0.3) is 0 Å². The van der Waals surface area contributed by atoms with E-state index in [0.717, 1.165) is 19.3 Å². The first kappa shape index (κ1) is 23.8. The number of aliphatic hydroxyl groups excluding tert-OH is 1. The monoisotopic (exact) mass is 326 g/mol. The van der Waals surface area contributed by atoms with Crippen molar-refractivity contribution in [2.75, 3.05) is 26.4 Å². The van der Waals surface area contributed by atoms with Gasteiger partial charge in [0.25, 0.3) is 0 Å². The summed E-state index contributed by atoms with van der Waals surface area (Å²) < 4.78 is 0. The van der Waals surface area contributed by atoms with Gasteiger partial charge in [-0.2, -0.15) is 0 Å². The van der Waals surface area contributed by atoms with Gasteiger partial charge in [-0.3, -0.25) is 14.7 Å². The van der Waals surface area contributed by atoms with Crippen LogP contribution in [0.3, 0.4) is 0 Å². The second-order valence-electron chi connectivity index (χ2n) is 4.88. The molecule has 0 bridgehead atoms. The van der Waals surface area contributed by atoms with Gasteiger partial charge < -0.3 is 15.3 Å². The molecule has 0 aliphatic heterocycles. The van der Waals surface area contributed by atoms with E-state index in [0.29, 0.717) is 19.4 Å². The SMILES string of the molecule is CCCCCCCC([O-])=NCN(CCCO)CC(=O)O.[K+]. The number of aliphatic carboxylic acids is 1. The number of hydrogen-bond donors (Lipinski definition) is 2. The maximum absolute atomic E-state index is 11.5. The Morgan fingerprint density at radius 1 is 1.19 bits per heavy atom. The van der Waals surface area contributed by atoms with Crippen molar-refractivity contribution in [3.05, 3.63) is 0 Å². The van der Waals surface area contributed by atoms with Gasteiger partial charge in [0.05, 0.1) is 13.2 Å². The minimum atomic E-state index is -0.954. The third-order valence-corrected chi connectivity index (χ3v) is 2.93. The standard InChI is InChI=1S/C14H28N2O4.K/c1-2-3-4-5-6-8-13(18)15-12-16(9-7-10-17)11-14(19)20;/h17H,2-12H2,1H3,(H,15,18)(H,19,20);/q;+1/p-1. The molecule has 6 nitrogen and oxygen atoms in total. The van der Waals surface area contributed by atoms with E-state index in [2.05, 4.69) is 11.9 Å². The number of unbranched alkanes of at least 4 members (excludes halogenated alkanes) is 4. The van der Waals surface area contributed by atoms with Crippen LogP contribution in [0.2, 0.25) is 0 Å². The number of aliphatic hydroxyl groups is 1. The van der Waals surface area contributed by atoms with E-state index in [-0.39, 0.29) is 77.1 Å². The second kappa shape index (κ2) is 16.9. The molecule has 0 unspecified atom stereocenters. The van der Waals surface area contributed by atoms with Gasteiger partial charge in [-0.05, 0) is 25.2 Å². The number of aliphatic imine (C=N–C) groups is 1. The topological polar surface area (TPSA) is 96.2 Å². The predicted octanol–water partition coefficient (Wildman–Crippen LogP) is -2.16. The largest absolute Gasteiger partial charge is 1.00 e. The molecule has 0 saturated carbocycles. The summed E-state index contributed by atoms with van der Waals surface area (Å²) in [4.78, 5) is 16.1. The zero-order chi connectivity index (χ0) is 15.2. The molecule has 7 heteroatoms. The van der Waals surface area contributed by atoms with E-state index in [4.69, 9.17) is 10.2 Å². The van der Waals surface area contributed by atoms with Crippen LogP contribution < -0.4 is 56.5 Å². The molecule has 0 aromatic heterocycles. The molecule has 0 spiro atoms. The van der Waals surface area contributed by atoms with Crippen LogP contribution in [0.5, 0.6) is 0 Å². The Hall–Kier alpha value is 0.496. The summed E-state index contributed by atoms with van der Waals surface area (Å²) in [5, 5.41) is 29.0. The molecule has 0 aromatic carbocycles. The molecular weight excluding hydrogens is 299 g/mol. The summed E-state index contributed by atoms with van der Waals surface area (Å²) in [6.45, 7) is 2.51. The zero-order valence-corrected chi connectivity index (χ0v) is 16.5. The fraction of sp³-hybridized carbons (Fsp3) is 0.857. The first-order chi connectivity index (χ1) is 9.60. The van der Waals surface area contributed by atoms with Gasteiger partial charge in [0.1, 0.15) is 0 Å². The van der Waals surface area contributed by atoms with Gasteiger partial charge in [-0.1, -0.05) is 32.6 Å². The third-order valence-electron chi connectivity index (χ3n) is 2.93. The molecule has 0 fully saturated rings. The summed E-state index contributed by atoms with van der Waals surface area (Å²) >= 11 is 0. The molecule has 0 rings (SSSR count). The molecule has 0 saturated heterocycles. The Bertz CT molecular complexity index is 288. The van der Waals surface area contributed by atoms with Gasteiger partial charge in [0, 0.05) is 13.2 Å². The van der Waals surface area contributed by atoms with Gasteiger partial charge in [-0.15, -0.1) is 0 Å². The average Bonchev–Trinajstić information content (AvgIpc) is 2.41. The van der Waals surface area contributed by atoms with Crippen molar-refractivity contribution in [3.63, 3.8) is 0 Å². The summed E-state index contributed by atoms with van der Waals surface area (Å²) in [5.74, 6) is -1.12. The minimum absolute atomic E-state index is 0. The Kier molecular flexibility index (Phi) is 19.1. The maximum atomic E-state index is 11.5. The summed E-state index contributed by atoms with van der Waals surface area (Å²) in [6, 6.07) is 0. The maximum Gasteiger partial charge on any atom is 1.00 e. The summed E-state index contributed by atoms with van der Waals surface area (Å²) in [7, 11) is 0. The Morgan fingerprint density at radius 3 is 2.43 bits per heavy atom. The van der Waals surface area contributed by atoms with Crippen LogP contribution >= 0.6 is 0 Å². The van der Waals surface area contributed by atoms with E-state index in [1.54, 1.807) is 4.90 Å². The molecule has 0 atom stereocenters. The molecule has 0 heterocycles. The van der Waals surface area contributed by atoms with Gasteiger partial charge in [0.2, 0.25) is 0 Å². The first-order valence-corrected chi connectivity index (χ1v) is 7.35. The van der Waals surface area contributed by atoms with E-state index in [1.807, 2.05) is 0 Å². The van der Waals surface area contributed by atoms with Crippen molar-refractivity contribution < 1.29 is 71.5 Å². The normalized spacial score (nSPS) is 11.5. The smallest absolute Gasteiger partial charge is 0.862 e. The predicted molar refractivity (Wildman–Crippen MR) is 76.6 cm³/mol. The number of carbonyl (C=O) groups is 1. The number of nitrogens with zero attached hydrogens (tertiary/aromatic N) is 2. The van der Waals surface area contributed by atoms with Crippen molar-refractivity contribution in [1.82, 2.24) is 4.90 Å². The quantitative estimate of drug-likeness (QED) is 0.174. The van der Waals surface area contributed by atoms with Crippen LogP contribution in [-0.2, 0) is 4.79 Å². The number of hydrogen-bond acceptors (Lipinski definition) is 5. The molecule has 0 aliphatic carbocycles. The Labute approximate surface area is 170 Å². The van der Waals surface area contributed by atoms with Crippen molar-refractivity contribution in [2.24, 2.45) is 4.99 Å². The molecule has 2 N–H and O–H groups in total. The van der Waals surface area contributed by atoms with E-state index in [1.165, 1.54) is 12.8 Å². The number of carboxylic acid groups (broad SMARTS) is 1. The van der Waals surface area contributed by atoms with E-state index >= 15 is 0 Å². The van der Waals surface area contributed by atoms with Crippen LogP contribution in [0.1, 0.15) is 51.9 Å². The van der Waals surface area contributed by atoms with Gasteiger partial charge >= 0.3 is 57.4 Å². The second-order valence-corrected chi connectivity index (χ2v) is 4.88. The van der Waals surface area contributed by atoms with Gasteiger partial charge in [-0.25, -0.2) is 0 Å². The van der Waals surface area contributed by atoms with E-state index in [9.17, 15) is 9.90 Å². The van der Waals surface area contributed by atoms with Crippen molar-refractivity contribution in [1.29, 1.82) is 0 Å². The third kappa shape index (κ3) is 16.7. The van der Waals surface area contributed by atoms with Crippen LogP contribution in [0.4, 0.5) is 0 Å². The number of carboxylic acids is 1. The van der Waals surface area contributed by atoms with Crippen LogP contribution in [0.15, 0.2) is 4.99 Å². The van der Waals surface area contributed by atoms with Crippen LogP contribution in [0, 0.1) is 0 Å². The van der Waals surface area contributed by atoms with E-state index < -0.39 is 5.97 Å². The average molecular weight is 326 g/mol. The fourth-order valence-electron chi connectivity index (χ4n) is 1.82. The molecule has 0 aromatic rings. The van der Waals surface area contributed by atoms with Crippen molar-refractivity contribution in [2.45, 2.75) is 51.9 Å². The molecule has 0 radical (unpaired) electrons. The van der Waals surface area contributed by atoms with Gasteiger partial charge in [0.15, 0.2) is 0 Å².